The van der Waals surface area contributed by atoms with Crippen LogP contribution in [-0.2, 0) is 13.2 Å². The summed E-state index contributed by atoms with van der Waals surface area (Å²) in [6.45, 7) is 4.73. The molecule has 90 valence electrons. The fourth-order valence-corrected chi connectivity index (χ4v) is 2.42. The summed E-state index contributed by atoms with van der Waals surface area (Å²) in [7, 11) is 0. The van der Waals surface area contributed by atoms with Crippen LogP contribution in [0.5, 0.6) is 5.75 Å². The first-order chi connectivity index (χ1) is 8.38. The van der Waals surface area contributed by atoms with Gasteiger partial charge in [0.25, 0.3) is 0 Å². The van der Waals surface area contributed by atoms with Crippen LogP contribution < -0.4 is 10.1 Å². The molecule has 0 radical (unpaired) electrons. The Morgan fingerprint density at radius 2 is 1.82 bits per heavy atom. The third-order valence-electron chi connectivity index (χ3n) is 2.39. The van der Waals surface area contributed by atoms with Crippen LogP contribution in [0.4, 0.5) is 0 Å². The molecule has 0 fully saturated rings. The topological polar surface area (TPSA) is 21.3 Å². The van der Waals surface area contributed by atoms with E-state index in [1.54, 1.807) is 11.3 Å². The second kappa shape index (κ2) is 6.42. The number of rotatable bonds is 6. The first-order valence-corrected chi connectivity index (χ1v) is 6.66. The Hall–Kier alpha value is -1.32. The molecule has 2 rings (SSSR count). The van der Waals surface area contributed by atoms with Crippen LogP contribution in [0.3, 0.4) is 0 Å². The standard InChI is InChI=1S/C14H17NOS/c1-2-15-10-13-8-9-14(17-13)11-16-12-6-4-3-5-7-12/h3-9,15H,2,10-11H2,1H3. The van der Waals surface area contributed by atoms with E-state index in [-0.39, 0.29) is 0 Å². The van der Waals surface area contributed by atoms with Crippen molar-refractivity contribution in [3.8, 4) is 5.75 Å². The highest BCUT2D eigenvalue weighted by Gasteiger charge is 2.00. The predicted octanol–water partition coefficient (Wildman–Crippen LogP) is 3.44. The lowest BCUT2D eigenvalue weighted by molar-refractivity contribution is 0.310. The molecule has 0 spiro atoms. The van der Waals surface area contributed by atoms with E-state index in [2.05, 4.69) is 24.4 Å². The summed E-state index contributed by atoms with van der Waals surface area (Å²) in [4.78, 5) is 2.63. The van der Waals surface area contributed by atoms with Gasteiger partial charge < -0.3 is 10.1 Å². The van der Waals surface area contributed by atoms with E-state index in [1.165, 1.54) is 9.75 Å². The Bertz CT molecular complexity index is 438. The molecule has 0 unspecified atom stereocenters. The number of benzene rings is 1. The highest BCUT2D eigenvalue weighted by molar-refractivity contribution is 7.11. The zero-order valence-corrected chi connectivity index (χ0v) is 10.8. The van der Waals surface area contributed by atoms with Crippen LogP contribution in [0.25, 0.3) is 0 Å². The lowest BCUT2D eigenvalue weighted by Gasteiger charge is -2.03. The molecule has 3 heteroatoms. The molecule has 1 N–H and O–H groups in total. The molecular formula is C14H17NOS. The molecule has 0 amide bonds. The Morgan fingerprint density at radius 3 is 2.59 bits per heavy atom. The quantitative estimate of drug-likeness (QED) is 0.844. The van der Waals surface area contributed by atoms with Crippen molar-refractivity contribution in [2.75, 3.05) is 6.54 Å². The predicted molar refractivity (Wildman–Crippen MR) is 72.5 cm³/mol. The average molecular weight is 247 g/mol. The molecule has 1 heterocycles. The maximum atomic E-state index is 5.70. The van der Waals surface area contributed by atoms with Crippen LogP contribution in [0.1, 0.15) is 16.7 Å². The van der Waals surface area contributed by atoms with Gasteiger partial charge in [0.15, 0.2) is 0 Å². The fourth-order valence-electron chi connectivity index (χ4n) is 1.51. The minimum Gasteiger partial charge on any atom is -0.488 e. The molecule has 0 saturated carbocycles. The van der Waals surface area contributed by atoms with E-state index in [1.807, 2.05) is 30.3 Å². The second-order valence-electron chi connectivity index (χ2n) is 3.75. The van der Waals surface area contributed by atoms with Crippen molar-refractivity contribution in [3.63, 3.8) is 0 Å². The van der Waals surface area contributed by atoms with E-state index in [9.17, 15) is 0 Å². The minimum atomic E-state index is 0.654. The summed E-state index contributed by atoms with van der Waals surface area (Å²) in [5.74, 6) is 0.925. The molecule has 1 aromatic heterocycles. The Kier molecular flexibility index (Phi) is 4.59. The highest BCUT2D eigenvalue weighted by Crippen LogP contribution is 2.19. The first-order valence-electron chi connectivity index (χ1n) is 5.84. The van der Waals surface area contributed by atoms with Gasteiger partial charge in [-0.15, -0.1) is 11.3 Å². The Labute approximate surface area is 106 Å². The highest BCUT2D eigenvalue weighted by atomic mass is 32.1. The number of hydrogen-bond donors (Lipinski definition) is 1. The number of hydrogen-bond acceptors (Lipinski definition) is 3. The average Bonchev–Trinajstić information content (AvgIpc) is 2.83. The summed E-state index contributed by atoms with van der Waals surface area (Å²) >= 11 is 1.80. The normalized spacial score (nSPS) is 10.4. The molecule has 0 bridgehead atoms. The van der Waals surface area contributed by atoms with E-state index < -0.39 is 0 Å². The van der Waals surface area contributed by atoms with Gasteiger partial charge in [-0.3, -0.25) is 0 Å². The summed E-state index contributed by atoms with van der Waals surface area (Å²) in [6, 6.07) is 14.2. The summed E-state index contributed by atoms with van der Waals surface area (Å²) in [5, 5.41) is 3.32. The monoisotopic (exact) mass is 247 g/mol. The Morgan fingerprint density at radius 1 is 1.06 bits per heavy atom. The lowest BCUT2D eigenvalue weighted by atomic mass is 10.3. The third kappa shape index (κ3) is 3.88. The molecule has 2 nitrogen and oxygen atoms in total. The number of nitrogens with one attached hydrogen (secondary N) is 1. The number of para-hydroxylation sites is 1. The molecule has 0 aliphatic rings. The van der Waals surface area contributed by atoms with Crippen molar-refractivity contribution in [2.24, 2.45) is 0 Å². The van der Waals surface area contributed by atoms with Gasteiger partial charge in [-0.05, 0) is 30.8 Å². The largest absolute Gasteiger partial charge is 0.488 e. The second-order valence-corrected chi connectivity index (χ2v) is 5.00. The molecule has 0 aliphatic carbocycles. The van der Waals surface area contributed by atoms with Crippen molar-refractivity contribution in [1.29, 1.82) is 0 Å². The third-order valence-corrected chi connectivity index (χ3v) is 3.45. The van der Waals surface area contributed by atoms with E-state index in [0.29, 0.717) is 6.61 Å². The summed E-state index contributed by atoms with van der Waals surface area (Å²) in [6.07, 6.45) is 0. The number of ether oxygens (including phenoxy) is 1. The van der Waals surface area contributed by atoms with E-state index >= 15 is 0 Å². The minimum absolute atomic E-state index is 0.654. The molecular weight excluding hydrogens is 230 g/mol. The van der Waals surface area contributed by atoms with Gasteiger partial charge in [-0.1, -0.05) is 25.1 Å². The zero-order chi connectivity index (χ0) is 11.9. The fraction of sp³-hybridized carbons (Fsp3) is 0.286. The van der Waals surface area contributed by atoms with E-state index in [0.717, 1.165) is 18.8 Å². The van der Waals surface area contributed by atoms with Crippen molar-refractivity contribution in [1.82, 2.24) is 5.32 Å². The molecule has 2 aromatic rings. The van der Waals surface area contributed by atoms with Gasteiger partial charge in [0.2, 0.25) is 0 Å². The lowest BCUT2D eigenvalue weighted by Crippen LogP contribution is -2.10. The van der Waals surface area contributed by atoms with E-state index in [4.69, 9.17) is 4.74 Å². The van der Waals surface area contributed by atoms with Gasteiger partial charge in [0, 0.05) is 16.3 Å². The molecule has 0 saturated heterocycles. The molecule has 17 heavy (non-hydrogen) atoms. The van der Waals surface area contributed by atoms with Gasteiger partial charge in [-0.2, -0.15) is 0 Å². The van der Waals surface area contributed by atoms with Crippen molar-refractivity contribution in [2.45, 2.75) is 20.1 Å². The van der Waals surface area contributed by atoms with Crippen LogP contribution in [0, 0.1) is 0 Å². The van der Waals surface area contributed by atoms with Crippen molar-refractivity contribution < 1.29 is 4.74 Å². The van der Waals surface area contributed by atoms with Crippen LogP contribution in [0.15, 0.2) is 42.5 Å². The summed E-state index contributed by atoms with van der Waals surface area (Å²) < 4.78 is 5.70. The first kappa shape index (κ1) is 12.1. The van der Waals surface area contributed by atoms with Crippen LogP contribution in [0.2, 0.25) is 0 Å². The van der Waals surface area contributed by atoms with Gasteiger partial charge in [0.1, 0.15) is 12.4 Å². The van der Waals surface area contributed by atoms with Crippen molar-refractivity contribution in [3.05, 3.63) is 52.2 Å². The van der Waals surface area contributed by atoms with Gasteiger partial charge >= 0.3 is 0 Å². The molecule has 0 aliphatic heterocycles. The van der Waals surface area contributed by atoms with Crippen LogP contribution in [-0.4, -0.2) is 6.54 Å². The van der Waals surface area contributed by atoms with Crippen molar-refractivity contribution >= 4 is 11.3 Å². The van der Waals surface area contributed by atoms with Gasteiger partial charge in [-0.25, -0.2) is 0 Å². The zero-order valence-electron chi connectivity index (χ0n) is 9.98. The Balaban J connectivity index is 1.85. The number of thiophene rings is 1. The maximum Gasteiger partial charge on any atom is 0.122 e. The van der Waals surface area contributed by atoms with Gasteiger partial charge in [0.05, 0.1) is 0 Å². The smallest absolute Gasteiger partial charge is 0.122 e. The van der Waals surface area contributed by atoms with Crippen LogP contribution >= 0.6 is 11.3 Å². The molecule has 0 atom stereocenters. The maximum absolute atomic E-state index is 5.70. The SMILES string of the molecule is CCNCc1ccc(COc2ccccc2)s1. The molecule has 1 aromatic carbocycles. The summed E-state index contributed by atoms with van der Waals surface area (Å²) in [5.41, 5.74) is 0.